The van der Waals surface area contributed by atoms with Crippen molar-refractivity contribution in [2.24, 2.45) is 7.05 Å². The van der Waals surface area contributed by atoms with Gasteiger partial charge in [0.25, 0.3) is 5.56 Å². The Bertz CT molecular complexity index is 1090. The number of halogens is 1. The summed E-state index contributed by atoms with van der Waals surface area (Å²) in [5, 5.41) is 3.11. The Morgan fingerprint density at radius 1 is 1.36 bits per heavy atom. The van der Waals surface area contributed by atoms with Crippen molar-refractivity contribution >= 4 is 17.5 Å². The molecule has 3 heterocycles. The zero-order valence-electron chi connectivity index (χ0n) is 16.0. The fourth-order valence-electron chi connectivity index (χ4n) is 3.59. The Morgan fingerprint density at radius 3 is 2.93 bits per heavy atom. The van der Waals surface area contributed by atoms with Crippen LogP contribution in [-0.2, 0) is 20.0 Å². The molecule has 28 heavy (non-hydrogen) atoms. The van der Waals surface area contributed by atoms with Crippen LogP contribution >= 0.6 is 11.5 Å². The van der Waals surface area contributed by atoms with Crippen molar-refractivity contribution in [3.63, 3.8) is 0 Å². The topological polar surface area (TPSA) is 69.0 Å². The van der Waals surface area contributed by atoms with E-state index >= 15 is 0 Å². The van der Waals surface area contributed by atoms with Gasteiger partial charge in [0.05, 0.1) is 17.9 Å². The summed E-state index contributed by atoms with van der Waals surface area (Å²) in [4.78, 5) is 18.3. The predicted molar refractivity (Wildman–Crippen MR) is 108 cm³/mol. The van der Waals surface area contributed by atoms with Crippen LogP contribution in [0.4, 0.5) is 10.3 Å². The molecule has 1 aliphatic rings. The molecule has 0 amide bonds. The van der Waals surface area contributed by atoms with Crippen molar-refractivity contribution in [2.45, 2.75) is 33.2 Å². The number of ether oxygens (including phenoxy) is 1. The third-order valence-electron chi connectivity index (χ3n) is 5.05. The average Bonchev–Trinajstić information content (AvgIpc) is 3.02. The number of hydrogen-bond donors (Lipinski definition) is 1. The van der Waals surface area contributed by atoms with Crippen LogP contribution < -0.4 is 15.6 Å². The largest absolute Gasteiger partial charge is 0.493 e. The normalized spacial score (nSPS) is 13.1. The summed E-state index contributed by atoms with van der Waals surface area (Å²) in [6.45, 7) is 4.71. The van der Waals surface area contributed by atoms with Gasteiger partial charge in [-0.3, -0.25) is 9.36 Å². The van der Waals surface area contributed by atoms with Crippen LogP contribution in [0.25, 0.3) is 11.1 Å². The van der Waals surface area contributed by atoms with E-state index in [0.29, 0.717) is 23.7 Å². The maximum Gasteiger partial charge on any atom is 0.262 e. The summed E-state index contributed by atoms with van der Waals surface area (Å²) in [5.41, 5.74) is 3.46. The van der Waals surface area contributed by atoms with Gasteiger partial charge in [-0.05, 0) is 50.4 Å². The first-order chi connectivity index (χ1) is 13.5. The van der Waals surface area contributed by atoms with E-state index in [1.807, 2.05) is 13.8 Å². The van der Waals surface area contributed by atoms with Gasteiger partial charge in [-0.2, -0.15) is 4.37 Å². The third kappa shape index (κ3) is 3.17. The summed E-state index contributed by atoms with van der Waals surface area (Å²) in [6, 6.07) is 3.10. The average molecular weight is 400 g/mol. The highest BCUT2D eigenvalue weighted by atomic mass is 32.1. The van der Waals surface area contributed by atoms with E-state index in [2.05, 4.69) is 14.7 Å². The number of benzene rings is 1. The molecule has 1 N–H and O–H groups in total. The highest BCUT2D eigenvalue weighted by Crippen LogP contribution is 2.30. The van der Waals surface area contributed by atoms with E-state index < -0.39 is 0 Å². The Kier molecular flexibility index (Phi) is 4.89. The number of rotatable bonds is 4. The molecule has 0 radical (unpaired) electrons. The Morgan fingerprint density at radius 2 is 2.18 bits per heavy atom. The van der Waals surface area contributed by atoms with Crippen molar-refractivity contribution in [1.82, 2.24) is 13.9 Å². The SMILES string of the molecule is Cc1nsc(C)c1-c1cnc(NCc2c(F)ccc3c2CCCO3)n(C)c1=O. The van der Waals surface area contributed by atoms with E-state index in [1.165, 1.54) is 22.2 Å². The number of nitrogens with zero attached hydrogens (tertiary/aromatic N) is 3. The van der Waals surface area contributed by atoms with E-state index in [4.69, 9.17) is 4.74 Å². The fourth-order valence-corrected chi connectivity index (χ4v) is 4.30. The molecule has 1 aliphatic heterocycles. The fraction of sp³-hybridized carbons (Fsp3) is 0.350. The van der Waals surface area contributed by atoms with E-state index in [0.717, 1.165) is 40.3 Å². The standard InChI is InChI=1S/C20H21FN4O2S/c1-11-18(12(2)28-24-11)15-10-23-20(25(3)19(15)26)22-9-14-13-5-4-8-27-17(13)7-6-16(14)21/h6-7,10H,4-5,8-9H2,1-3H3,(H,22,23). The molecular formula is C20H21FN4O2S. The van der Waals surface area contributed by atoms with E-state index in [9.17, 15) is 9.18 Å². The molecule has 0 bridgehead atoms. The predicted octanol–water partition coefficient (Wildman–Crippen LogP) is 3.60. The molecule has 146 valence electrons. The quantitative estimate of drug-likeness (QED) is 0.725. The van der Waals surface area contributed by atoms with Crippen LogP contribution in [0, 0.1) is 19.7 Å². The molecule has 4 rings (SSSR count). The van der Waals surface area contributed by atoms with Crippen molar-refractivity contribution in [3.8, 4) is 16.9 Å². The molecule has 0 unspecified atom stereocenters. The van der Waals surface area contributed by atoms with Gasteiger partial charge in [0, 0.05) is 41.4 Å². The highest BCUT2D eigenvalue weighted by molar-refractivity contribution is 7.06. The summed E-state index contributed by atoms with van der Waals surface area (Å²) in [7, 11) is 1.66. The Labute approximate surface area is 166 Å². The van der Waals surface area contributed by atoms with Gasteiger partial charge in [-0.15, -0.1) is 0 Å². The number of aromatic nitrogens is 3. The second kappa shape index (κ2) is 7.35. The molecule has 0 fully saturated rings. The summed E-state index contributed by atoms with van der Waals surface area (Å²) in [6.07, 6.45) is 3.20. The van der Waals surface area contributed by atoms with Crippen molar-refractivity contribution < 1.29 is 9.13 Å². The first-order valence-corrected chi connectivity index (χ1v) is 9.91. The molecule has 8 heteroatoms. The maximum atomic E-state index is 14.4. The second-order valence-electron chi connectivity index (χ2n) is 6.87. The lowest BCUT2D eigenvalue weighted by molar-refractivity contribution is 0.286. The smallest absolute Gasteiger partial charge is 0.262 e. The Balaban J connectivity index is 1.64. The molecule has 2 aromatic heterocycles. The van der Waals surface area contributed by atoms with Crippen LogP contribution in [0.1, 0.15) is 28.1 Å². The number of fused-ring (bicyclic) bond motifs is 1. The van der Waals surface area contributed by atoms with Gasteiger partial charge in [0.15, 0.2) is 0 Å². The molecule has 0 atom stereocenters. The number of nitrogens with one attached hydrogen (secondary N) is 1. The van der Waals surface area contributed by atoms with Gasteiger partial charge in [-0.25, -0.2) is 9.37 Å². The third-order valence-corrected chi connectivity index (χ3v) is 5.90. The number of anilines is 1. The minimum absolute atomic E-state index is 0.164. The first kappa shape index (κ1) is 18.6. The molecule has 3 aromatic rings. The number of hydrogen-bond acceptors (Lipinski definition) is 6. The zero-order valence-corrected chi connectivity index (χ0v) is 16.8. The minimum atomic E-state index is -0.283. The van der Waals surface area contributed by atoms with Gasteiger partial charge in [-0.1, -0.05) is 0 Å². The van der Waals surface area contributed by atoms with Crippen LogP contribution in [0.3, 0.4) is 0 Å². The van der Waals surface area contributed by atoms with Crippen LogP contribution in [-0.4, -0.2) is 20.5 Å². The first-order valence-electron chi connectivity index (χ1n) is 9.13. The zero-order chi connectivity index (χ0) is 19.8. The van der Waals surface area contributed by atoms with E-state index in [-0.39, 0.29) is 17.9 Å². The molecule has 0 aliphatic carbocycles. The second-order valence-corrected chi connectivity index (χ2v) is 7.84. The lowest BCUT2D eigenvalue weighted by Gasteiger charge is -2.21. The minimum Gasteiger partial charge on any atom is -0.493 e. The van der Waals surface area contributed by atoms with Crippen molar-refractivity contribution in [2.75, 3.05) is 11.9 Å². The highest BCUT2D eigenvalue weighted by Gasteiger charge is 2.19. The Hall–Kier alpha value is -2.74. The maximum absolute atomic E-state index is 14.4. The molecule has 1 aromatic carbocycles. The monoisotopic (exact) mass is 400 g/mol. The lowest BCUT2D eigenvalue weighted by atomic mass is 9.99. The van der Waals surface area contributed by atoms with Gasteiger partial charge in [0.1, 0.15) is 11.6 Å². The van der Waals surface area contributed by atoms with Crippen LogP contribution in [0.15, 0.2) is 23.1 Å². The summed E-state index contributed by atoms with van der Waals surface area (Å²) < 4.78 is 25.8. The molecule has 6 nitrogen and oxygen atoms in total. The molecular weight excluding hydrogens is 379 g/mol. The lowest BCUT2D eigenvalue weighted by Crippen LogP contribution is -2.24. The van der Waals surface area contributed by atoms with Crippen molar-refractivity contribution in [3.05, 3.63) is 56.2 Å². The summed E-state index contributed by atoms with van der Waals surface area (Å²) >= 11 is 1.37. The van der Waals surface area contributed by atoms with Crippen molar-refractivity contribution in [1.29, 1.82) is 0 Å². The molecule has 0 saturated carbocycles. The number of aryl methyl sites for hydroxylation is 2. The van der Waals surface area contributed by atoms with Crippen LogP contribution in [0.2, 0.25) is 0 Å². The van der Waals surface area contributed by atoms with E-state index in [1.54, 1.807) is 19.3 Å². The molecule has 0 saturated heterocycles. The molecule has 0 spiro atoms. The van der Waals surface area contributed by atoms with Crippen LogP contribution in [0.5, 0.6) is 5.75 Å². The summed E-state index contributed by atoms with van der Waals surface area (Å²) in [5.74, 6) is 0.840. The van der Waals surface area contributed by atoms with Gasteiger partial charge in [0.2, 0.25) is 5.95 Å². The van der Waals surface area contributed by atoms with Gasteiger partial charge >= 0.3 is 0 Å². The van der Waals surface area contributed by atoms with Gasteiger partial charge < -0.3 is 10.1 Å².